The first-order valence-corrected chi connectivity index (χ1v) is 6.14. The van der Waals surface area contributed by atoms with Crippen LogP contribution >= 0.6 is 0 Å². The van der Waals surface area contributed by atoms with Gasteiger partial charge in [-0.25, -0.2) is 0 Å². The summed E-state index contributed by atoms with van der Waals surface area (Å²) >= 11 is 0. The van der Waals surface area contributed by atoms with Gasteiger partial charge in [0.15, 0.2) is 0 Å². The Labute approximate surface area is 109 Å². The lowest BCUT2D eigenvalue weighted by Gasteiger charge is -2.14. The van der Waals surface area contributed by atoms with Crippen LogP contribution in [0.1, 0.15) is 30.9 Å². The molecule has 0 aliphatic carbocycles. The Morgan fingerprint density at radius 1 is 1.44 bits per heavy atom. The summed E-state index contributed by atoms with van der Waals surface area (Å²) in [4.78, 5) is 11.8. The van der Waals surface area contributed by atoms with Crippen LogP contribution in [0.3, 0.4) is 0 Å². The number of nitrogens with two attached hydrogens (primary N) is 1. The molecule has 4 nitrogen and oxygen atoms in total. The monoisotopic (exact) mass is 250 g/mol. The van der Waals surface area contributed by atoms with Crippen molar-refractivity contribution in [1.29, 1.82) is 0 Å². The van der Waals surface area contributed by atoms with Crippen LogP contribution in [0, 0.1) is 13.8 Å². The second-order valence-electron chi connectivity index (χ2n) is 4.60. The number of amides is 1. The van der Waals surface area contributed by atoms with E-state index in [1.165, 1.54) is 0 Å². The molecular weight excluding hydrogens is 228 g/mol. The molecule has 1 aromatic rings. The number of aryl methyl sites for hydroxylation is 1. The molecule has 0 bridgehead atoms. The van der Waals surface area contributed by atoms with E-state index in [0.717, 1.165) is 16.8 Å². The van der Waals surface area contributed by atoms with Crippen molar-refractivity contribution in [2.24, 2.45) is 0 Å². The maximum atomic E-state index is 11.8. The van der Waals surface area contributed by atoms with Gasteiger partial charge < -0.3 is 15.8 Å². The van der Waals surface area contributed by atoms with Crippen molar-refractivity contribution in [3.05, 3.63) is 23.3 Å². The van der Waals surface area contributed by atoms with E-state index < -0.39 is 0 Å². The first-order valence-electron chi connectivity index (χ1n) is 6.14. The summed E-state index contributed by atoms with van der Waals surface area (Å²) in [7, 11) is 1.64. The molecule has 0 fully saturated rings. The van der Waals surface area contributed by atoms with Crippen LogP contribution in [0.5, 0.6) is 0 Å². The molecule has 0 aliphatic rings. The summed E-state index contributed by atoms with van der Waals surface area (Å²) in [5.74, 6) is -0.0284. The van der Waals surface area contributed by atoms with E-state index in [9.17, 15) is 4.79 Å². The largest absolute Gasteiger partial charge is 0.397 e. The SMILES string of the molecule is COC(C)CCC(=O)Nc1c(N)ccc(C)c1C. The number of rotatable bonds is 5. The average molecular weight is 250 g/mol. The standard InChI is InChI=1S/C14H22N2O2/c1-9-5-7-12(15)14(11(9)3)16-13(17)8-6-10(2)18-4/h5,7,10H,6,8,15H2,1-4H3,(H,16,17). The van der Waals surface area contributed by atoms with Crippen molar-refractivity contribution >= 4 is 17.3 Å². The van der Waals surface area contributed by atoms with Crippen LogP contribution in [-0.2, 0) is 9.53 Å². The van der Waals surface area contributed by atoms with E-state index in [1.807, 2.05) is 32.9 Å². The van der Waals surface area contributed by atoms with E-state index in [-0.39, 0.29) is 12.0 Å². The highest BCUT2D eigenvalue weighted by atomic mass is 16.5. The summed E-state index contributed by atoms with van der Waals surface area (Å²) in [5.41, 5.74) is 9.34. The second kappa shape index (κ2) is 6.40. The molecule has 1 unspecified atom stereocenters. The molecule has 100 valence electrons. The number of carbonyl (C=O) groups excluding carboxylic acids is 1. The number of hydrogen-bond donors (Lipinski definition) is 2. The minimum Gasteiger partial charge on any atom is -0.397 e. The normalized spacial score (nSPS) is 12.2. The first kappa shape index (κ1) is 14.5. The topological polar surface area (TPSA) is 64.3 Å². The number of carbonyl (C=O) groups is 1. The smallest absolute Gasteiger partial charge is 0.224 e. The fraction of sp³-hybridized carbons (Fsp3) is 0.500. The van der Waals surface area contributed by atoms with Crippen molar-refractivity contribution in [2.75, 3.05) is 18.2 Å². The number of methoxy groups -OCH3 is 1. The van der Waals surface area contributed by atoms with Crippen LogP contribution in [0.25, 0.3) is 0 Å². The van der Waals surface area contributed by atoms with E-state index in [1.54, 1.807) is 7.11 Å². The lowest BCUT2D eigenvalue weighted by molar-refractivity contribution is -0.116. The average Bonchev–Trinajstić information content (AvgIpc) is 2.36. The number of nitrogens with one attached hydrogen (secondary N) is 1. The molecule has 0 aliphatic heterocycles. The summed E-state index contributed by atoms with van der Waals surface area (Å²) in [5, 5.41) is 2.88. The number of nitrogen functional groups attached to an aromatic ring is 1. The molecule has 18 heavy (non-hydrogen) atoms. The van der Waals surface area contributed by atoms with Crippen LogP contribution in [0.15, 0.2) is 12.1 Å². The van der Waals surface area contributed by atoms with Crippen molar-refractivity contribution in [3.8, 4) is 0 Å². The molecular formula is C14H22N2O2. The molecule has 3 N–H and O–H groups in total. The molecule has 1 rings (SSSR count). The van der Waals surface area contributed by atoms with E-state index in [2.05, 4.69) is 5.32 Å². The Kier molecular flexibility index (Phi) is 5.16. The maximum absolute atomic E-state index is 11.8. The fourth-order valence-electron chi connectivity index (χ4n) is 1.66. The Hall–Kier alpha value is -1.55. The van der Waals surface area contributed by atoms with Crippen molar-refractivity contribution in [2.45, 2.75) is 39.7 Å². The minimum absolute atomic E-state index is 0.0284. The zero-order valence-corrected chi connectivity index (χ0v) is 11.5. The molecule has 1 atom stereocenters. The maximum Gasteiger partial charge on any atom is 0.224 e. The van der Waals surface area contributed by atoms with Crippen LogP contribution in [0.4, 0.5) is 11.4 Å². The van der Waals surface area contributed by atoms with Crippen LogP contribution in [-0.4, -0.2) is 19.1 Å². The molecule has 0 saturated carbocycles. The van der Waals surface area contributed by atoms with Gasteiger partial charge in [-0.3, -0.25) is 4.79 Å². The van der Waals surface area contributed by atoms with Gasteiger partial charge in [0.25, 0.3) is 0 Å². The molecule has 1 aromatic carbocycles. The first-order chi connectivity index (χ1) is 8.45. The number of benzene rings is 1. The predicted octanol–water partition coefficient (Wildman–Crippen LogP) is 2.64. The lowest BCUT2D eigenvalue weighted by Crippen LogP contribution is -2.17. The molecule has 0 saturated heterocycles. The summed E-state index contributed by atoms with van der Waals surface area (Å²) in [6, 6.07) is 3.77. The zero-order chi connectivity index (χ0) is 13.7. The van der Waals surface area contributed by atoms with Crippen molar-refractivity contribution in [1.82, 2.24) is 0 Å². The van der Waals surface area contributed by atoms with E-state index in [0.29, 0.717) is 18.5 Å². The number of ether oxygens (including phenoxy) is 1. The Bertz CT molecular complexity index is 430. The number of anilines is 2. The summed E-state index contributed by atoms with van der Waals surface area (Å²) < 4.78 is 5.11. The summed E-state index contributed by atoms with van der Waals surface area (Å²) in [6.45, 7) is 5.90. The Morgan fingerprint density at radius 2 is 2.11 bits per heavy atom. The van der Waals surface area contributed by atoms with Gasteiger partial charge in [-0.1, -0.05) is 6.07 Å². The fourth-order valence-corrected chi connectivity index (χ4v) is 1.66. The van der Waals surface area contributed by atoms with Gasteiger partial charge in [0, 0.05) is 13.5 Å². The van der Waals surface area contributed by atoms with Gasteiger partial charge in [0.2, 0.25) is 5.91 Å². The van der Waals surface area contributed by atoms with E-state index in [4.69, 9.17) is 10.5 Å². The Balaban J connectivity index is 2.68. The molecule has 4 heteroatoms. The second-order valence-corrected chi connectivity index (χ2v) is 4.60. The number of hydrogen-bond acceptors (Lipinski definition) is 3. The van der Waals surface area contributed by atoms with Crippen molar-refractivity contribution < 1.29 is 9.53 Å². The third-order valence-electron chi connectivity index (χ3n) is 3.21. The van der Waals surface area contributed by atoms with Gasteiger partial charge in [-0.15, -0.1) is 0 Å². The Morgan fingerprint density at radius 3 is 2.72 bits per heavy atom. The molecule has 0 spiro atoms. The van der Waals surface area contributed by atoms with Crippen molar-refractivity contribution in [3.63, 3.8) is 0 Å². The molecule has 1 amide bonds. The molecule has 0 heterocycles. The molecule has 0 radical (unpaired) electrons. The predicted molar refractivity (Wildman–Crippen MR) is 74.7 cm³/mol. The highest BCUT2D eigenvalue weighted by Gasteiger charge is 2.10. The molecule has 0 aromatic heterocycles. The zero-order valence-electron chi connectivity index (χ0n) is 11.5. The third kappa shape index (κ3) is 3.74. The van der Waals surface area contributed by atoms with Crippen LogP contribution in [0.2, 0.25) is 0 Å². The van der Waals surface area contributed by atoms with Gasteiger partial charge in [0.1, 0.15) is 0 Å². The quantitative estimate of drug-likeness (QED) is 0.790. The van der Waals surface area contributed by atoms with E-state index >= 15 is 0 Å². The van der Waals surface area contributed by atoms with Gasteiger partial charge in [0.05, 0.1) is 17.5 Å². The van der Waals surface area contributed by atoms with Crippen LogP contribution < -0.4 is 11.1 Å². The van der Waals surface area contributed by atoms with Gasteiger partial charge in [-0.05, 0) is 44.4 Å². The lowest BCUT2D eigenvalue weighted by atomic mass is 10.1. The highest BCUT2D eigenvalue weighted by molar-refractivity contribution is 5.95. The third-order valence-corrected chi connectivity index (χ3v) is 3.21. The minimum atomic E-state index is -0.0284. The highest BCUT2D eigenvalue weighted by Crippen LogP contribution is 2.26. The van der Waals surface area contributed by atoms with Gasteiger partial charge >= 0.3 is 0 Å². The summed E-state index contributed by atoms with van der Waals surface area (Å²) in [6.07, 6.45) is 1.22. The van der Waals surface area contributed by atoms with Gasteiger partial charge in [-0.2, -0.15) is 0 Å².